The SMILES string of the molecule is CCCOCCC(=O)Cc1ncnn1CC(C)C. The van der Waals surface area contributed by atoms with E-state index in [9.17, 15) is 4.79 Å². The fraction of sp³-hybridized carbons (Fsp3) is 0.769. The molecule has 1 rings (SSSR count). The molecule has 0 fully saturated rings. The maximum atomic E-state index is 11.8. The number of ketones is 1. The molecule has 0 amide bonds. The van der Waals surface area contributed by atoms with Crippen LogP contribution >= 0.6 is 0 Å². The zero-order valence-electron chi connectivity index (χ0n) is 11.6. The van der Waals surface area contributed by atoms with E-state index < -0.39 is 0 Å². The monoisotopic (exact) mass is 253 g/mol. The number of aromatic nitrogens is 3. The van der Waals surface area contributed by atoms with Crippen molar-refractivity contribution in [2.45, 2.75) is 46.6 Å². The van der Waals surface area contributed by atoms with Gasteiger partial charge in [0.1, 0.15) is 17.9 Å². The highest BCUT2D eigenvalue weighted by Crippen LogP contribution is 2.03. The van der Waals surface area contributed by atoms with E-state index in [2.05, 4.69) is 30.9 Å². The van der Waals surface area contributed by atoms with Gasteiger partial charge in [-0.1, -0.05) is 20.8 Å². The van der Waals surface area contributed by atoms with E-state index in [4.69, 9.17) is 4.74 Å². The molecule has 5 heteroatoms. The summed E-state index contributed by atoms with van der Waals surface area (Å²) in [6.07, 6.45) is 3.30. The van der Waals surface area contributed by atoms with Gasteiger partial charge in [-0.2, -0.15) is 5.10 Å². The molecule has 0 unspecified atom stereocenters. The van der Waals surface area contributed by atoms with Crippen LogP contribution in [0.15, 0.2) is 6.33 Å². The molecule has 18 heavy (non-hydrogen) atoms. The zero-order chi connectivity index (χ0) is 13.4. The van der Waals surface area contributed by atoms with Gasteiger partial charge in [0.15, 0.2) is 0 Å². The first kappa shape index (κ1) is 14.8. The topological polar surface area (TPSA) is 57.0 Å². The molecule has 0 spiro atoms. The summed E-state index contributed by atoms with van der Waals surface area (Å²) in [5, 5.41) is 4.14. The van der Waals surface area contributed by atoms with Crippen molar-refractivity contribution in [1.29, 1.82) is 0 Å². The summed E-state index contributed by atoms with van der Waals surface area (Å²) < 4.78 is 7.12. The maximum absolute atomic E-state index is 11.8. The highest BCUT2D eigenvalue weighted by Gasteiger charge is 2.11. The lowest BCUT2D eigenvalue weighted by atomic mass is 10.2. The van der Waals surface area contributed by atoms with Gasteiger partial charge in [-0.15, -0.1) is 0 Å². The summed E-state index contributed by atoms with van der Waals surface area (Å²) in [5.74, 6) is 1.40. The minimum absolute atomic E-state index is 0.157. The van der Waals surface area contributed by atoms with Gasteiger partial charge in [-0.3, -0.25) is 4.79 Å². The average molecular weight is 253 g/mol. The van der Waals surface area contributed by atoms with Gasteiger partial charge in [0.2, 0.25) is 0 Å². The van der Waals surface area contributed by atoms with E-state index in [-0.39, 0.29) is 5.78 Å². The lowest BCUT2D eigenvalue weighted by Crippen LogP contribution is -2.15. The van der Waals surface area contributed by atoms with Crippen LogP contribution in [0, 0.1) is 5.92 Å². The Hall–Kier alpha value is -1.23. The van der Waals surface area contributed by atoms with Gasteiger partial charge in [0.05, 0.1) is 13.0 Å². The van der Waals surface area contributed by atoms with Crippen LogP contribution in [0.1, 0.15) is 39.4 Å². The number of rotatable bonds is 9. The minimum atomic E-state index is 0.157. The van der Waals surface area contributed by atoms with Gasteiger partial charge in [-0.05, 0) is 12.3 Å². The molecule has 0 aliphatic heterocycles. The van der Waals surface area contributed by atoms with Crippen LogP contribution in [0.4, 0.5) is 0 Å². The van der Waals surface area contributed by atoms with Gasteiger partial charge >= 0.3 is 0 Å². The first-order valence-corrected chi connectivity index (χ1v) is 6.59. The predicted molar refractivity (Wildman–Crippen MR) is 69.3 cm³/mol. The van der Waals surface area contributed by atoms with Crippen molar-refractivity contribution in [2.24, 2.45) is 5.92 Å². The number of Topliss-reactive ketones (excluding diaryl/α,β-unsaturated/α-hetero) is 1. The van der Waals surface area contributed by atoms with Crippen molar-refractivity contribution in [1.82, 2.24) is 14.8 Å². The molecule has 1 heterocycles. The van der Waals surface area contributed by atoms with Gasteiger partial charge < -0.3 is 4.74 Å². The van der Waals surface area contributed by atoms with Crippen LogP contribution in [0.3, 0.4) is 0 Å². The Balaban J connectivity index is 2.37. The molecular formula is C13H23N3O2. The molecule has 0 aromatic carbocycles. The lowest BCUT2D eigenvalue weighted by Gasteiger charge is -2.08. The Morgan fingerprint density at radius 3 is 2.89 bits per heavy atom. The van der Waals surface area contributed by atoms with Crippen LogP contribution in [-0.4, -0.2) is 33.8 Å². The molecular weight excluding hydrogens is 230 g/mol. The second kappa shape index (κ2) is 7.97. The minimum Gasteiger partial charge on any atom is -0.381 e. The second-order valence-electron chi connectivity index (χ2n) is 4.83. The van der Waals surface area contributed by atoms with Crippen molar-refractivity contribution < 1.29 is 9.53 Å². The third-order valence-corrected chi connectivity index (χ3v) is 2.46. The molecule has 0 aliphatic rings. The van der Waals surface area contributed by atoms with Crippen LogP contribution in [-0.2, 0) is 22.5 Å². The molecule has 5 nitrogen and oxygen atoms in total. The summed E-state index contributed by atoms with van der Waals surface area (Å²) in [6.45, 7) is 8.31. The van der Waals surface area contributed by atoms with Gasteiger partial charge in [0, 0.05) is 19.6 Å². The molecule has 0 atom stereocenters. The van der Waals surface area contributed by atoms with E-state index >= 15 is 0 Å². The standard InChI is InChI=1S/C13H23N3O2/c1-4-6-18-7-5-12(17)8-13-14-10-15-16(13)9-11(2)3/h10-11H,4-9H2,1-3H3. The van der Waals surface area contributed by atoms with Crippen LogP contribution in [0.5, 0.6) is 0 Å². The summed E-state index contributed by atoms with van der Waals surface area (Å²) in [7, 11) is 0. The first-order valence-electron chi connectivity index (χ1n) is 6.59. The van der Waals surface area contributed by atoms with Crippen molar-refractivity contribution in [2.75, 3.05) is 13.2 Å². The fourth-order valence-electron chi connectivity index (χ4n) is 1.62. The maximum Gasteiger partial charge on any atom is 0.142 e. The van der Waals surface area contributed by atoms with E-state index in [1.54, 1.807) is 0 Å². The van der Waals surface area contributed by atoms with Crippen molar-refractivity contribution in [3.8, 4) is 0 Å². The van der Waals surface area contributed by atoms with Crippen molar-refractivity contribution >= 4 is 5.78 Å². The lowest BCUT2D eigenvalue weighted by molar-refractivity contribution is -0.119. The smallest absolute Gasteiger partial charge is 0.142 e. The molecule has 0 bridgehead atoms. The van der Waals surface area contributed by atoms with E-state index in [1.807, 2.05) is 4.68 Å². The highest BCUT2D eigenvalue weighted by atomic mass is 16.5. The number of hydrogen-bond donors (Lipinski definition) is 0. The summed E-state index contributed by atoms with van der Waals surface area (Å²) in [6, 6.07) is 0. The second-order valence-corrected chi connectivity index (χ2v) is 4.83. The van der Waals surface area contributed by atoms with E-state index in [0.29, 0.717) is 25.4 Å². The zero-order valence-corrected chi connectivity index (χ0v) is 11.6. The van der Waals surface area contributed by atoms with E-state index in [1.165, 1.54) is 6.33 Å². The molecule has 1 aromatic rings. The largest absolute Gasteiger partial charge is 0.381 e. The third kappa shape index (κ3) is 5.40. The van der Waals surface area contributed by atoms with Crippen molar-refractivity contribution in [3.63, 3.8) is 0 Å². The Labute approximate surface area is 109 Å². The van der Waals surface area contributed by atoms with Crippen LogP contribution in [0.2, 0.25) is 0 Å². The van der Waals surface area contributed by atoms with Crippen LogP contribution in [0.25, 0.3) is 0 Å². The Kier molecular flexibility index (Phi) is 6.57. The average Bonchev–Trinajstić information content (AvgIpc) is 2.71. The Morgan fingerprint density at radius 2 is 2.22 bits per heavy atom. The molecule has 0 N–H and O–H groups in total. The number of ether oxygens (including phenoxy) is 1. The molecule has 0 aliphatic carbocycles. The van der Waals surface area contributed by atoms with Gasteiger partial charge in [-0.25, -0.2) is 9.67 Å². The normalized spacial score (nSPS) is 11.1. The predicted octanol–water partition coefficient (Wildman–Crippen LogP) is 1.86. The van der Waals surface area contributed by atoms with Crippen LogP contribution < -0.4 is 0 Å². The molecule has 0 saturated carbocycles. The molecule has 1 aromatic heterocycles. The Bertz CT molecular complexity index is 361. The van der Waals surface area contributed by atoms with E-state index in [0.717, 1.165) is 25.4 Å². The fourth-order valence-corrected chi connectivity index (χ4v) is 1.62. The quantitative estimate of drug-likeness (QED) is 0.630. The highest BCUT2D eigenvalue weighted by molar-refractivity contribution is 5.80. The first-order chi connectivity index (χ1) is 8.63. The third-order valence-electron chi connectivity index (χ3n) is 2.46. The number of carbonyl (C=O) groups is 1. The van der Waals surface area contributed by atoms with Gasteiger partial charge in [0.25, 0.3) is 0 Å². The molecule has 0 radical (unpaired) electrons. The van der Waals surface area contributed by atoms with Crippen molar-refractivity contribution in [3.05, 3.63) is 12.2 Å². The number of carbonyl (C=O) groups excluding carboxylic acids is 1. The number of nitrogens with zero attached hydrogens (tertiary/aromatic N) is 3. The molecule has 102 valence electrons. The summed E-state index contributed by atoms with van der Waals surface area (Å²) >= 11 is 0. The molecule has 0 saturated heterocycles. The summed E-state index contributed by atoms with van der Waals surface area (Å²) in [5.41, 5.74) is 0. The number of hydrogen-bond acceptors (Lipinski definition) is 4. The summed E-state index contributed by atoms with van der Waals surface area (Å²) in [4.78, 5) is 15.9. The Morgan fingerprint density at radius 1 is 1.44 bits per heavy atom.